The van der Waals surface area contributed by atoms with E-state index in [1.165, 1.54) is 38.6 Å². The van der Waals surface area contributed by atoms with Gasteiger partial charge in [0, 0.05) is 17.5 Å². The molecule has 3 heteroatoms. The molecule has 0 unspecified atom stereocenters. The molecule has 2 amide bonds. The van der Waals surface area contributed by atoms with Crippen LogP contribution < -0.4 is 4.90 Å². The number of carbonyl (C=O) groups is 2. The third kappa shape index (κ3) is 2.38. The van der Waals surface area contributed by atoms with Crippen molar-refractivity contribution in [2.24, 2.45) is 0 Å². The van der Waals surface area contributed by atoms with Gasteiger partial charge in [0.15, 0.2) is 0 Å². The first kappa shape index (κ1) is 16.0. The van der Waals surface area contributed by atoms with Crippen LogP contribution in [0.5, 0.6) is 0 Å². The largest absolute Gasteiger partial charge is 0.269 e. The van der Waals surface area contributed by atoms with Crippen molar-refractivity contribution in [3.8, 4) is 0 Å². The van der Waals surface area contributed by atoms with Crippen molar-refractivity contribution in [2.45, 2.75) is 0 Å². The van der Waals surface area contributed by atoms with Gasteiger partial charge in [-0.05, 0) is 80.2 Å². The zero-order valence-corrected chi connectivity index (χ0v) is 15.4. The van der Waals surface area contributed by atoms with Gasteiger partial charge >= 0.3 is 0 Å². The standard InChI is InChI=1S/C26H15NO2/c28-25-8-9-26(29)27(25)24-7-3-6-18-12-21-13-19-10-16-4-1-2-5-17(16)11-20(19)14-22(21)15-23(18)24/h1-15H. The molecule has 3 nitrogen and oxygen atoms in total. The second kappa shape index (κ2) is 5.76. The second-order valence-electron chi connectivity index (χ2n) is 7.44. The van der Waals surface area contributed by atoms with E-state index in [4.69, 9.17) is 0 Å². The van der Waals surface area contributed by atoms with Crippen LogP contribution in [0.2, 0.25) is 0 Å². The Morgan fingerprint density at radius 1 is 0.483 bits per heavy atom. The van der Waals surface area contributed by atoms with E-state index in [-0.39, 0.29) is 11.8 Å². The summed E-state index contributed by atoms with van der Waals surface area (Å²) >= 11 is 0. The van der Waals surface area contributed by atoms with E-state index < -0.39 is 0 Å². The summed E-state index contributed by atoms with van der Waals surface area (Å²) in [4.78, 5) is 25.7. The van der Waals surface area contributed by atoms with Crippen LogP contribution in [0.15, 0.2) is 91.0 Å². The molecule has 0 radical (unpaired) electrons. The van der Waals surface area contributed by atoms with Crippen LogP contribution in [0.25, 0.3) is 43.1 Å². The quantitative estimate of drug-likeness (QED) is 0.278. The Labute approximate surface area is 166 Å². The van der Waals surface area contributed by atoms with Gasteiger partial charge in [-0.25, -0.2) is 4.90 Å². The third-order valence-corrected chi connectivity index (χ3v) is 5.68. The molecule has 1 aliphatic rings. The molecule has 0 spiro atoms. The monoisotopic (exact) mass is 373 g/mol. The lowest BCUT2D eigenvalue weighted by Gasteiger charge is -2.17. The van der Waals surface area contributed by atoms with Crippen LogP contribution in [0.4, 0.5) is 5.69 Å². The second-order valence-corrected chi connectivity index (χ2v) is 7.44. The summed E-state index contributed by atoms with van der Waals surface area (Å²) in [6, 6.07) is 27.1. The lowest BCUT2D eigenvalue weighted by atomic mass is 9.97. The van der Waals surface area contributed by atoms with Crippen LogP contribution in [-0.2, 0) is 9.59 Å². The minimum Gasteiger partial charge on any atom is -0.269 e. The van der Waals surface area contributed by atoms with Crippen molar-refractivity contribution in [3.05, 3.63) is 91.0 Å². The number of nitrogens with zero attached hydrogens (tertiary/aromatic N) is 1. The Hall–Kier alpha value is -3.98. The number of amides is 2. The normalized spacial score (nSPS) is 14.1. The fraction of sp³-hybridized carbons (Fsp3) is 0. The molecule has 5 aromatic rings. The number of rotatable bonds is 1. The van der Waals surface area contributed by atoms with Gasteiger partial charge in [-0.3, -0.25) is 9.59 Å². The van der Waals surface area contributed by atoms with Gasteiger partial charge in [0.1, 0.15) is 0 Å². The Morgan fingerprint density at radius 2 is 0.966 bits per heavy atom. The molecule has 136 valence electrons. The zero-order valence-electron chi connectivity index (χ0n) is 15.4. The van der Waals surface area contributed by atoms with Gasteiger partial charge in [0.25, 0.3) is 11.8 Å². The number of hydrogen-bond donors (Lipinski definition) is 0. The average Bonchev–Trinajstić information content (AvgIpc) is 3.06. The highest BCUT2D eigenvalue weighted by Gasteiger charge is 2.26. The molecule has 6 rings (SSSR count). The molecule has 0 N–H and O–H groups in total. The minimum atomic E-state index is -0.299. The fourth-order valence-electron chi connectivity index (χ4n) is 4.29. The molecule has 5 aromatic carbocycles. The summed E-state index contributed by atoms with van der Waals surface area (Å²) < 4.78 is 0. The van der Waals surface area contributed by atoms with Crippen molar-refractivity contribution < 1.29 is 9.59 Å². The molecule has 0 atom stereocenters. The van der Waals surface area contributed by atoms with Crippen molar-refractivity contribution in [2.75, 3.05) is 4.90 Å². The summed E-state index contributed by atoms with van der Waals surface area (Å²) in [6.45, 7) is 0. The molecular formula is C26H15NO2. The molecule has 29 heavy (non-hydrogen) atoms. The molecular weight excluding hydrogens is 358 g/mol. The number of fused-ring (bicyclic) bond motifs is 4. The maximum atomic E-state index is 12.2. The van der Waals surface area contributed by atoms with Crippen molar-refractivity contribution in [1.82, 2.24) is 0 Å². The number of anilines is 1. The first-order valence-electron chi connectivity index (χ1n) is 9.53. The molecule has 0 saturated carbocycles. The summed E-state index contributed by atoms with van der Waals surface area (Å²) in [6.07, 6.45) is 2.64. The fourth-order valence-corrected chi connectivity index (χ4v) is 4.29. The molecule has 0 bridgehead atoms. The minimum absolute atomic E-state index is 0.299. The number of carbonyl (C=O) groups excluding carboxylic acids is 2. The first-order valence-corrected chi connectivity index (χ1v) is 9.53. The summed E-state index contributed by atoms with van der Waals surface area (Å²) in [5.74, 6) is -0.597. The van der Waals surface area contributed by atoms with Crippen LogP contribution in [0.1, 0.15) is 0 Å². The molecule has 1 aliphatic heterocycles. The highest BCUT2D eigenvalue weighted by molar-refractivity contribution is 6.30. The topological polar surface area (TPSA) is 37.4 Å². The SMILES string of the molecule is O=C1C=CC(=O)N1c1cccc2cc3cc4cc5ccccc5cc4cc3cc12. The number of benzene rings is 5. The third-order valence-electron chi connectivity index (χ3n) is 5.68. The smallest absolute Gasteiger partial charge is 0.258 e. The molecule has 0 aromatic heterocycles. The van der Waals surface area contributed by atoms with Gasteiger partial charge < -0.3 is 0 Å². The van der Waals surface area contributed by atoms with Crippen LogP contribution in [0.3, 0.4) is 0 Å². The molecule has 0 saturated heterocycles. The first-order chi connectivity index (χ1) is 14.2. The van der Waals surface area contributed by atoms with Gasteiger partial charge in [-0.15, -0.1) is 0 Å². The van der Waals surface area contributed by atoms with E-state index >= 15 is 0 Å². The Kier molecular flexibility index (Phi) is 3.18. The predicted octanol–water partition coefficient (Wildman–Crippen LogP) is 5.73. The van der Waals surface area contributed by atoms with Gasteiger partial charge in [-0.2, -0.15) is 0 Å². The maximum Gasteiger partial charge on any atom is 0.258 e. The Bertz CT molecular complexity index is 1530. The molecule has 0 aliphatic carbocycles. The van der Waals surface area contributed by atoms with E-state index in [0.717, 1.165) is 21.5 Å². The number of hydrogen-bond acceptors (Lipinski definition) is 2. The van der Waals surface area contributed by atoms with Crippen LogP contribution >= 0.6 is 0 Å². The van der Waals surface area contributed by atoms with Gasteiger partial charge in [-0.1, -0.05) is 36.4 Å². The van der Waals surface area contributed by atoms with Crippen molar-refractivity contribution >= 4 is 60.6 Å². The van der Waals surface area contributed by atoms with E-state index in [1.54, 1.807) is 0 Å². The lowest BCUT2D eigenvalue weighted by Crippen LogP contribution is -2.29. The van der Waals surface area contributed by atoms with E-state index in [2.05, 4.69) is 54.6 Å². The molecule has 0 fully saturated rings. The molecule has 1 heterocycles. The Balaban J connectivity index is 1.65. The summed E-state index contributed by atoms with van der Waals surface area (Å²) in [5, 5.41) is 8.91. The highest BCUT2D eigenvalue weighted by Crippen LogP contribution is 2.34. The highest BCUT2D eigenvalue weighted by atomic mass is 16.2. The van der Waals surface area contributed by atoms with E-state index in [9.17, 15) is 9.59 Å². The zero-order chi connectivity index (χ0) is 19.5. The van der Waals surface area contributed by atoms with E-state index in [1.807, 2.05) is 24.3 Å². The van der Waals surface area contributed by atoms with Crippen molar-refractivity contribution in [3.63, 3.8) is 0 Å². The maximum absolute atomic E-state index is 12.2. The van der Waals surface area contributed by atoms with Gasteiger partial charge in [0.05, 0.1) is 5.69 Å². The van der Waals surface area contributed by atoms with E-state index in [0.29, 0.717) is 5.69 Å². The van der Waals surface area contributed by atoms with Crippen molar-refractivity contribution in [1.29, 1.82) is 0 Å². The van der Waals surface area contributed by atoms with Gasteiger partial charge in [0.2, 0.25) is 0 Å². The summed E-state index contributed by atoms with van der Waals surface area (Å²) in [7, 11) is 0. The van der Waals surface area contributed by atoms with Crippen LogP contribution in [0, 0.1) is 0 Å². The lowest BCUT2D eigenvalue weighted by molar-refractivity contribution is -0.119. The number of imide groups is 1. The average molecular weight is 373 g/mol. The Morgan fingerprint density at radius 3 is 1.59 bits per heavy atom. The predicted molar refractivity (Wildman–Crippen MR) is 118 cm³/mol. The van der Waals surface area contributed by atoms with Crippen LogP contribution in [-0.4, -0.2) is 11.8 Å². The summed E-state index contributed by atoms with van der Waals surface area (Å²) in [5.41, 5.74) is 0.628.